The molecule has 0 saturated carbocycles. The Kier molecular flexibility index (Phi) is 4.19. The minimum Gasteiger partial charge on any atom is -0.492 e. The summed E-state index contributed by atoms with van der Waals surface area (Å²) in [6.07, 6.45) is 0. The molecule has 3 heteroatoms. The average molecular weight is 167 g/mol. The third-order valence-electron chi connectivity index (χ3n) is 1.36. The van der Waals surface area contributed by atoms with Crippen LogP contribution in [0.2, 0.25) is 0 Å². The molecule has 0 aliphatic carbocycles. The van der Waals surface area contributed by atoms with Gasteiger partial charge in [0, 0.05) is 0 Å². The van der Waals surface area contributed by atoms with Crippen LogP contribution in [0.4, 0.5) is 0 Å². The number of para-hydroxylation sites is 1. The van der Waals surface area contributed by atoms with Gasteiger partial charge in [-0.2, -0.15) is 5.48 Å². The standard InChI is InChI=1S/C9H13NO2/c1-11-10-7-8-12-9-5-3-2-4-6-9/h2-6,10H,7-8H2,1H3. The van der Waals surface area contributed by atoms with E-state index in [0.717, 1.165) is 5.75 Å². The zero-order chi connectivity index (χ0) is 8.65. The maximum Gasteiger partial charge on any atom is 0.119 e. The molecule has 0 fully saturated rings. The zero-order valence-corrected chi connectivity index (χ0v) is 7.12. The summed E-state index contributed by atoms with van der Waals surface area (Å²) >= 11 is 0. The lowest BCUT2D eigenvalue weighted by molar-refractivity contribution is 0.0808. The summed E-state index contributed by atoms with van der Waals surface area (Å²) in [5.41, 5.74) is 2.69. The van der Waals surface area contributed by atoms with Gasteiger partial charge in [-0.1, -0.05) is 18.2 Å². The first kappa shape index (κ1) is 9.03. The quantitative estimate of drug-likeness (QED) is 0.528. The van der Waals surface area contributed by atoms with Gasteiger partial charge in [0.1, 0.15) is 12.4 Å². The van der Waals surface area contributed by atoms with Gasteiger partial charge in [0.05, 0.1) is 13.7 Å². The molecular weight excluding hydrogens is 154 g/mol. The topological polar surface area (TPSA) is 30.5 Å². The Labute approximate surface area is 72.3 Å². The molecule has 12 heavy (non-hydrogen) atoms. The van der Waals surface area contributed by atoms with Crippen molar-refractivity contribution in [3.05, 3.63) is 30.3 Å². The minimum atomic E-state index is 0.609. The van der Waals surface area contributed by atoms with Crippen molar-refractivity contribution in [3.8, 4) is 5.75 Å². The third kappa shape index (κ3) is 3.37. The smallest absolute Gasteiger partial charge is 0.119 e. The number of benzene rings is 1. The molecule has 0 aliphatic rings. The minimum absolute atomic E-state index is 0.609. The molecule has 0 spiro atoms. The molecule has 0 saturated heterocycles. The van der Waals surface area contributed by atoms with Crippen LogP contribution in [-0.2, 0) is 4.84 Å². The van der Waals surface area contributed by atoms with E-state index in [9.17, 15) is 0 Å². The number of rotatable bonds is 5. The van der Waals surface area contributed by atoms with E-state index in [-0.39, 0.29) is 0 Å². The van der Waals surface area contributed by atoms with E-state index in [1.54, 1.807) is 7.11 Å². The predicted molar refractivity (Wildman–Crippen MR) is 46.9 cm³/mol. The molecule has 0 atom stereocenters. The lowest BCUT2D eigenvalue weighted by atomic mass is 10.3. The van der Waals surface area contributed by atoms with E-state index in [2.05, 4.69) is 10.3 Å². The van der Waals surface area contributed by atoms with Crippen LogP contribution in [0.5, 0.6) is 5.75 Å². The zero-order valence-electron chi connectivity index (χ0n) is 7.12. The molecule has 1 aromatic rings. The van der Waals surface area contributed by atoms with Gasteiger partial charge in [0.25, 0.3) is 0 Å². The first-order valence-electron chi connectivity index (χ1n) is 3.87. The third-order valence-corrected chi connectivity index (χ3v) is 1.36. The summed E-state index contributed by atoms with van der Waals surface area (Å²) in [7, 11) is 1.59. The van der Waals surface area contributed by atoms with Crippen LogP contribution in [0.15, 0.2) is 30.3 Å². The van der Waals surface area contributed by atoms with E-state index < -0.39 is 0 Å². The summed E-state index contributed by atoms with van der Waals surface area (Å²) in [6.45, 7) is 1.29. The molecule has 0 unspecified atom stereocenters. The van der Waals surface area contributed by atoms with E-state index in [1.807, 2.05) is 30.3 Å². The number of ether oxygens (including phenoxy) is 1. The van der Waals surface area contributed by atoms with Crippen LogP contribution in [0, 0.1) is 0 Å². The van der Waals surface area contributed by atoms with E-state index in [4.69, 9.17) is 4.74 Å². The second kappa shape index (κ2) is 5.57. The summed E-state index contributed by atoms with van der Waals surface area (Å²) < 4.78 is 5.37. The summed E-state index contributed by atoms with van der Waals surface area (Å²) in [4.78, 5) is 4.65. The molecule has 1 rings (SSSR count). The van der Waals surface area contributed by atoms with Crippen LogP contribution in [-0.4, -0.2) is 20.3 Å². The summed E-state index contributed by atoms with van der Waals surface area (Å²) in [5, 5.41) is 0. The summed E-state index contributed by atoms with van der Waals surface area (Å²) in [6, 6.07) is 9.69. The van der Waals surface area contributed by atoms with Crippen molar-refractivity contribution < 1.29 is 9.57 Å². The maximum absolute atomic E-state index is 5.37. The Balaban J connectivity index is 2.16. The van der Waals surface area contributed by atoms with E-state index in [1.165, 1.54) is 0 Å². The molecule has 0 amide bonds. The molecule has 66 valence electrons. The van der Waals surface area contributed by atoms with Gasteiger partial charge in [-0.3, -0.25) is 0 Å². The Morgan fingerprint density at radius 2 is 2.00 bits per heavy atom. The van der Waals surface area contributed by atoms with Crippen molar-refractivity contribution in [2.24, 2.45) is 0 Å². The van der Waals surface area contributed by atoms with Crippen molar-refractivity contribution in [2.75, 3.05) is 20.3 Å². The molecule has 0 heterocycles. The fraction of sp³-hybridized carbons (Fsp3) is 0.333. The largest absolute Gasteiger partial charge is 0.492 e. The SMILES string of the molecule is CONCCOc1ccccc1. The highest BCUT2D eigenvalue weighted by Crippen LogP contribution is 2.07. The summed E-state index contributed by atoms with van der Waals surface area (Å²) in [5.74, 6) is 0.885. The van der Waals surface area contributed by atoms with Crippen LogP contribution >= 0.6 is 0 Å². The normalized spacial score (nSPS) is 9.75. The molecule has 1 aromatic carbocycles. The highest BCUT2D eigenvalue weighted by molar-refractivity contribution is 5.20. The highest BCUT2D eigenvalue weighted by atomic mass is 16.6. The van der Waals surface area contributed by atoms with E-state index in [0.29, 0.717) is 13.2 Å². The Hall–Kier alpha value is -1.06. The van der Waals surface area contributed by atoms with Crippen LogP contribution in [0.25, 0.3) is 0 Å². The van der Waals surface area contributed by atoms with Crippen molar-refractivity contribution in [2.45, 2.75) is 0 Å². The van der Waals surface area contributed by atoms with Crippen LogP contribution in [0.3, 0.4) is 0 Å². The molecular formula is C9H13NO2. The second-order valence-corrected chi connectivity index (χ2v) is 2.26. The van der Waals surface area contributed by atoms with Crippen molar-refractivity contribution in [1.82, 2.24) is 5.48 Å². The lowest BCUT2D eigenvalue weighted by Gasteiger charge is -2.05. The number of hydroxylamine groups is 1. The fourth-order valence-corrected chi connectivity index (χ4v) is 0.829. The van der Waals surface area contributed by atoms with Gasteiger partial charge in [-0.25, -0.2) is 0 Å². The van der Waals surface area contributed by atoms with Gasteiger partial charge >= 0.3 is 0 Å². The maximum atomic E-state index is 5.37. The van der Waals surface area contributed by atoms with E-state index >= 15 is 0 Å². The van der Waals surface area contributed by atoms with Gasteiger partial charge in [-0.15, -0.1) is 0 Å². The molecule has 0 aliphatic heterocycles. The first-order chi connectivity index (χ1) is 5.93. The Morgan fingerprint density at radius 1 is 1.25 bits per heavy atom. The average Bonchev–Trinajstić information content (AvgIpc) is 2.14. The van der Waals surface area contributed by atoms with Gasteiger partial charge in [-0.05, 0) is 12.1 Å². The fourth-order valence-electron chi connectivity index (χ4n) is 0.829. The number of hydrogen-bond donors (Lipinski definition) is 1. The van der Waals surface area contributed by atoms with Crippen molar-refractivity contribution >= 4 is 0 Å². The molecule has 0 radical (unpaired) electrons. The highest BCUT2D eigenvalue weighted by Gasteiger charge is 1.89. The molecule has 1 N–H and O–H groups in total. The second-order valence-electron chi connectivity index (χ2n) is 2.26. The van der Waals surface area contributed by atoms with Gasteiger partial charge < -0.3 is 9.57 Å². The Bertz CT molecular complexity index is 201. The first-order valence-corrected chi connectivity index (χ1v) is 3.87. The molecule has 0 bridgehead atoms. The predicted octanol–water partition coefficient (Wildman–Crippen LogP) is 1.22. The number of hydrogen-bond acceptors (Lipinski definition) is 3. The van der Waals surface area contributed by atoms with Crippen molar-refractivity contribution in [3.63, 3.8) is 0 Å². The monoisotopic (exact) mass is 167 g/mol. The van der Waals surface area contributed by atoms with Crippen LogP contribution < -0.4 is 10.2 Å². The van der Waals surface area contributed by atoms with Crippen molar-refractivity contribution in [1.29, 1.82) is 0 Å². The van der Waals surface area contributed by atoms with Crippen LogP contribution in [0.1, 0.15) is 0 Å². The lowest BCUT2D eigenvalue weighted by Crippen LogP contribution is -2.19. The molecule has 3 nitrogen and oxygen atoms in total. The Morgan fingerprint density at radius 3 is 2.67 bits per heavy atom. The van der Waals surface area contributed by atoms with Gasteiger partial charge in [0.2, 0.25) is 0 Å². The number of nitrogens with one attached hydrogen (secondary N) is 1. The molecule has 0 aromatic heterocycles. The van der Waals surface area contributed by atoms with Gasteiger partial charge in [0.15, 0.2) is 0 Å².